The van der Waals surface area contributed by atoms with Gasteiger partial charge in [0, 0.05) is 13.1 Å². The number of aliphatic hydroxyl groups is 1. The highest BCUT2D eigenvalue weighted by atomic mass is 32.2. The summed E-state index contributed by atoms with van der Waals surface area (Å²) in [5.41, 5.74) is -0.743. The molecule has 0 saturated carbocycles. The lowest BCUT2D eigenvalue weighted by molar-refractivity contribution is 0.0340. The molecule has 1 rings (SSSR count). The number of likely N-dealkylation sites (N-methyl/N-ethyl adjacent to an activating group) is 1. The van der Waals surface area contributed by atoms with E-state index in [1.54, 1.807) is 26.0 Å². The molecular formula is C14H24N2O4S. The largest absolute Gasteiger partial charge is 0.492 e. The van der Waals surface area contributed by atoms with Crippen LogP contribution in [0, 0.1) is 0 Å². The minimum atomic E-state index is -3.67. The highest BCUT2D eigenvalue weighted by Crippen LogP contribution is 2.15. The zero-order valence-corrected chi connectivity index (χ0v) is 13.6. The molecule has 0 aliphatic heterocycles. The van der Waals surface area contributed by atoms with Gasteiger partial charge >= 0.3 is 0 Å². The quantitative estimate of drug-likeness (QED) is 0.740. The highest BCUT2D eigenvalue weighted by Gasteiger charge is 2.16. The van der Waals surface area contributed by atoms with Crippen LogP contribution in [-0.2, 0) is 10.0 Å². The number of hydrogen-bond donors (Lipinski definition) is 2. The standard InChI is InChI=1S/C14H24N2O4S/c1-4-16(11-14(2,3)17)9-10-20-12-5-7-13(8-6-12)21(15,18)19/h5-8,17H,4,9-11H2,1-3H3,(H2,15,18,19). The van der Waals surface area contributed by atoms with Gasteiger partial charge in [-0.2, -0.15) is 0 Å². The molecule has 0 aliphatic rings. The lowest BCUT2D eigenvalue weighted by Gasteiger charge is -2.27. The monoisotopic (exact) mass is 316 g/mol. The molecule has 120 valence electrons. The number of rotatable bonds is 8. The van der Waals surface area contributed by atoms with E-state index in [9.17, 15) is 13.5 Å². The van der Waals surface area contributed by atoms with Gasteiger partial charge in [-0.3, -0.25) is 4.90 Å². The summed E-state index contributed by atoms with van der Waals surface area (Å²) in [7, 11) is -3.67. The van der Waals surface area contributed by atoms with Crippen molar-refractivity contribution in [3.8, 4) is 5.75 Å². The van der Waals surface area contributed by atoms with Crippen LogP contribution in [0.2, 0.25) is 0 Å². The van der Waals surface area contributed by atoms with Crippen LogP contribution in [0.4, 0.5) is 0 Å². The molecule has 0 atom stereocenters. The molecule has 0 aliphatic carbocycles. The molecule has 0 fully saturated rings. The molecule has 21 heavy (non-hydrogen) atoms. The Bertz CT molecular complexity index is 535. The number of hydrogen-bond acceptors (Lipinski definition) is 5. The summed E-state index contributed by atoms with van der Waals surface area (Å²) < 4.78 is 27.8. The molecule has 0 radical (unpaired) electrons. The van der Waals surface area contributed by atoms with Gasteiger partial charge in [0.15, 0.2) is 0 Å². The van der Waals surface area contributed by atoms with Gasteiger partial charge < -0.3 is 9.84 Å². The molecule has 3 N–H and O–H groups in total. The van der Waals surface area contributed by atoms with Gasteiger partial charge in [-0.1, -0.05) is 6.92 Å². The average Bonchev–Trinajstić information content (AvgIpc) is 2.35. The first-order valence-electron chi connectivity index (χ1n) is 6.82. The first-order valence-corrected chi connectivity index (χ1v) is 8.37. The molecule has 1 aromatic carbocycles. The van der Waals surface area contributed by atoms with E-state index in [-0.39, 0.29) is 4.90 Å². The van der Waals surface area contributed by atoms with E-state index in [2.05, 4.69) is 4.90 Å². The van der Waals surface area contributed by atoms with Crippen molar-refractivity contribution in [3.05, 3.63) is 24.3 Å². The van der Waals surface area contributed by atoms with Crippen LogP contribution in [0.15, 0.2) is 29.2 Å². The van der Waals surface area contributed by atoms with Crippen LogP contribution >= 0.6 is 0 Å². The molecule has 0 amide bonds. The summed E-state index contributed by atoms with van der Waals surface area (Å²) in [5, 5.41) is 14.8. The summed E-state index contributed by atoms with van der Waals surface area (Å²) in [6.07, 6.45) is 0. The number of nitrogens with two attached hydrogens (primary N) is 1. The normalized spacial score (nSPS) is 12.7. The van der Waals surface area contributed by atoms with Crippen molar-refractivity contribution in [3.63, 3.8) is 0 Å². The molecule has 7 heteroatoms. The van der Waals surface area contributed by atoms with E-state index >= 15 is 0 Å². The third-order valence-electron chi connectivity index (χ3n) is 2.89. The Hall–Kier alpha value is -1.15. The third-order valence-corrected chi connectivity index (χ3v) is 3.82. The summed E-state index contributed by atoms with van der Waals surface area (Å²) in [6, 6.07) is 5.98. The second-order valence-electron chi connectivity index (χ2n) is 5.55. The third kappa shape index (κ3) is 6.90. The second kappa shape index (κ2) is 7.22. The van der Waals surface area contributed by atoms with Crippen molar-refractivity contribution in [1.29, 1.82) is 0 Å². The Morgan fingerprint density at radius 3 is 2.29 bits per heavy atom. The van der Waals surface area contributed by atoms with Gasteiger partial charge in [-0.25, -0.2) is 13.6 Å². The molecule has 0 saturated heterocycles. The van der Waals surface area contributed by atoms with Crippen molar-refractivity contribution in [2.45, 2.75) is 31.3 Å². The van der Waals surface area contributed by atoms with Crippen molar-refractivity contribution < 1.29 is 18.3 Å². The molecule has 0 aromatic heterocycles. The van der Waals surface area contributed by atoms with E-state index in [1.807, 2.05) is 6.92 Å². The van der Waals surface area contributed by atoms with Crippen LogP contribution < -0.4 is 9.88 Å². The highest BCUT2D eigenvalue weighted by molar-refractivity contribution is 7.89. The first kappa shape index (κ1) is 17.9. The molecular weight excluding hydrogens is 292 g/mol. The van der Waals surface area contributed by atoms with E-state index < -0.39 is 15.6 Å². The fraction of sp³-hybridized carbons (Fsp3) is 0.571. The van der Waals surface area contributed by atoms with Crippen molar-refractivity contribution in [2.75, 3.05) is 26.2 Å². The molecule has 1 aromatic rings. The first-order chi connectivity index (χ1) is 9.62. The SMILES string of the molecule is CCN(CCOc1ccc(S(N)(=O)=O)cc1)CC(C)(C)O. The van der Waals surface area contributed by atoms with Gasteiger partial charge in [0.05, 0.1) is 10.5 Å². The number of sulfonamides is 1. The minimum absolute atomic E-state index is 0.0621. The van der Waals surface area contributed by atoms with Gasteiger partial charge in [0.1, 0.15) is 12.4 Å². The Kier molecular flexibility index (Phi) is 6.15. The fourth-order valence-electron chi connectivity index (χ4n) is 1.91. The van der Waals surface area contributed by atoms with E-state index in [0.717, 1.165) is 6.54 Å². The number of nitrogens with zero attached hydrogens (tertiary/aromatic N) is 1. The summed E-state index contributed by atoms with van der Waals surface area (Å²) in [5.74, 6) is 0.585. The van der Waals surface area contributed by atoms with Crippen molar-refractivity contribution in [1.82, 2.24) is 4.90 Å². The second-order valence-corrected chi connectivity index (χ2v) is 7.11. The lowest BCUT2D eigenvalue weighted by atomic mass is 10.1. The average molecular weight is 316 g/mol. The van der Waals surface area contributed by atoms with Crippen molar-refractivity contribution >= 4 is 10.0 Å². The summed E-state index contributed by atoms with van der Waals surface area (Å²) in [4.78, 5) is 2.14. The van der Waals surface area contributed by atoms with E-state index in [1.165, 1.54) is 12.1 Å². The topological polar surface area (TPSA) is 92.9 Å². The molecule has 0 bridgehead atoms. The van der Waals surface area contributed by atoms with Gasteiger partial charge in [-0.05, 0) is 44.7 Å². The molecule has 0 unspecified atom stereocenters. The van der Waals surface area contributed by atoms with E-state index in [0.29, 0.717) is 25.4 Å². The van der Waals surface area contributed by atoms with Crippen LogP contribution in [0.1, 0.15) is 20.8 Å². The Labute approximate surface area is 126 Å². The Morgan fingerprint density at radius 1 is 1.29 bits per heavy atom. The van der Waals surface area contributed by atoms with E-state index in [4.69, 9.17) is 9.88 Å². The zero-order valence-electron chi connectivity index (χ0n) is 12.7. The van der Waals surface area contributed by atoms with Crippen LogP contribution in [0.5, 0.6) is 5.75 Å². The van der Waals surface area contributed by atoms with Crippen LogP contribution in [0.25, 0.3) is 0 Å². The summed E-state index contributed by atoms with van der Waals surface area (Å²) >= 11 is 0. The van der Waals surface area contributed by atoms with Crippen LogP contribution in [0.3, 0.4) is 0 Å². The van der Waals surface area contributed by atoms with Gasteiger partial charge in [0.25, 0.3) is 0 Å². The number of primary sulfonamides is 1. The fourth-order valence-corrected chi connectivity index (χ4v) is 2.43. The molecule has 0 spiro atoms. The summed E-state index contributed by atoms with van der Waals surface area (Å²) in [6.45, 7) is 8.07. The number of benzene rings is 1. The molecule has 0 heterocycles. The number of ether oxygens (including phenoxy) is 1. The maximum Gasteiger partial charge on any atom is 0.238 e. The van der Waals surface area contributed by atoms with Crippen LogP contribution in [-0.4, -0.2) is 50.3 Å². The predicted octanol–water partition coefficient (Wildman–Crippen LogP) is 0.806. The minimum Gasteiger partial charge on any atom is -0.492 e. The predicted molar refractivity (Wildman–Crippen MR) is 81.7 cm³/mol. The molecule has 6 nitrogen and oxygen atoms in total. The maximum atomic E-state index is 11.1. The zero-order chi connectivity index (χ0) is 16.1. The lowest BCUT2D eigenvalue weighted by Crippen LogP contribution is -2.40. The maximum absolute atomic E-state index is 11.1. The Morgan fingerprint density at radius 2 is 1.86 bits per heavy atom. The van der Waals surface area contributed by atoms with Crippen molar-refractivity contribution in [2.24, 2.45) is 5.14 Å². The Balaban J connectivity index is 2.48. The van der Waals surface area contributed by atoms with Gasteiger partial charge in [-0.15, -0.1) is 0 Å². The smallest absolute Gasteiger partial charge is 0.238 e. The van der Waals surface area contributed by atoms with Gasteiger partial charge in [0.2, 0.25) is 10.0 Å².